The maximum atomic E-state index is 13.2. The van der Waals surface area contributed by atoms with Gasteiger partial charge in [-0.2, -0.15) is 5.10 Å². The molecule has 3 rings (SSSR count). The number of halogens is 1. The maximum absolute atomic E-state index is 13.2. The van der Waals surface area contributed by atoms with E-state index < -0.39 is 0 Å². The van der Waals surface area contributed by atoms with E-state index in [1.54, 1.807) is 12.1 Å². The molecule has 1 heterocycles. The minimum atomic E-state index is -0.210. The summed E-state index contributed by atoms with van der Waals surface area (Å²) in [4.78, 5) is 0. The van der Waals surface area contributed by atoms with Gasteiger partial charge in [0, 0.05) is 17.6 Å². The first-order chi connectivity index (χ1) is 9.24. The Hall–Kier alpha value is -2.16. The summed E-state index contributed by atoms with van der Waals surface area (Å²) >= 11 is 0. The summed E-state index contributed by atoms with van der Waals surface area (Å²) in [5.41, 5.74) is 3.16. The summed E-state index contributed by atoms with van der Waals surface area (Å²) in [5, 5.41) is 5.41. The lowest BCUT2D eigenvalue weighted by atomic mass is 10.1. The molecule has 0 bridgehead atoms. The van der Waals surface area contributed by atoms with Crippen molar-refractivity contribution >= 4 is 10.9 Å². The van der Waals surface area contributed by atoms with Gasteiger partial charge in [0.2, 0.25) is 0 Å². The summed E-state index contributed by atoms with van der Waals surface area (Å²) in [6.07, 6.45) is 0.929. The van der Waals surface area contributed by atoms with Crippen molar-refractivity contribution < 1.29 is 4.39 Å². The Morgan fingerprint density at radius 1 is 1.11 bits per heavy atom. The standard InChI is InChI=1S/C16H15FN2/c1-12-15-11-14(17)7-8-16(15)18-19(12)10-9-13-5-3-2-4-6-13/h2-8,11H,9-10H2,1H3. The first-order valence-electron chi connectivity index (χ1n) is 6.40. The van der Waals surface area contributed by atoms with Crippen LogP contribution in [-0.2, 0) is 13.0 Å². The molecule has 3 heteroatoms. The van der Waals surface area contributed by atoms with Crippen LogP contribution in [0, 0.1) is 12.7 Å². The SMILES string of the molecule is Cc1c2cc(F)ccc2nn1CCc1ccccc1. The van der Waals surface area contributed by atoms with Gasteiger partial charge in [-0.05, 0) is 37.1 Å². The minimum absolute atomic E-state index is 0.210. The van der Waals surface area contributed by atoms with Crippen molar-refractivity contribution in [3.63, 3.8) is 0 Å². The van der Waals surface area contributed by atoms with Crippen molar-refractivity contribution in [1.29, 1.82) is 0 Å². The molecule has 0 aliphatic carbocycles. The van der Waals surface area contributed by atoms with E-state index in [1.165, 1.54) is 11.6 Å². The summed E-state index contributed by atoms with van der Waals surface area (Å²) in [6.45, 7) is 2.80. The van der Waals surface area contributed by atoms with Crippen LogP contribution in [0.2, 0.25) is 0 Å². The van der Waals surface area contributed by atoms with E-state index in [4.69, 9.17) is 0 Å². The van der Waals surface area contributed by atoms with Gasteiger partial charge in [0.25, 0.3) is 0 Å². The summed E-state index contributed by atoms with van der Waals surface area (Å²) < 4.78 is 15.2. The number of nitrogens with zero attached hydrogens (tertiary/aromatic N) is 2. The van der Waals surface area contributed by atoms with Crippen molar-refractivity contribution in [3.8, 4) is 0 Å². The van der Waals surface area contributed by atoms with E-state index in [9.17, 15) is 4.39 Å². The first-order valence-corrected chi connectivity index (χ1v) is 6.40. The highest BCUT2D eigenvalue weighted by Gasteiger charge is 2.07. The Labute approximate surface area is 111 Å². The van der Waals surface area contributed by atoms with Crippen LogP contribution in [0.25, 0.3) is 10.9 Å². The highest BCUT2D eigenvalue weighted by molar-refractivity contribution is 5.81. The van der Waals surface area contributed by atoms with Gasteiger partial charge in [0.15, 0.2) is 0 Å². The van der Waals surface area contributed by atoms with Crippen LogP contribution < -0.4 is 0 Å². The number of hydrogen-bond donors (Lipinski definition) is 0. The summed E-state index contributed by atoms with van der Waals surface area (Å²) in [5.74, 6) is -0.210. The topological polar surface area (TPSA) is 17.8 Å². The second-order valence-electron chi connectivity index (χ2n) is 4.71. The molecule has 0 unspecified atom stereocenters. The molecule has 0 N–H and O–H groups in total. The predicted molar refractivity (Wildman–Crippen MR) is 74.6 cm³/mol. The van der Waals surface area contributed by atoms with Gasteiger partial charge < -0.3 is 0 Å². The van der Waals surface area contributed by atoms with E-state index in [1.807, 2.05) is 29.8 Å². The van der Waals surface area contributed by atoms with Crippen LogP contribution >= 0.6 is 0 Å². The molecule has 0 spiro atoms. The lowest BCUT2D eigenvalue weighted by Gasteiger charge is -2.04. The van der Waals surface area contributed by atoms with Gasteiger partial charge >= 0.3 is 0 Å². The normalized spacial score (nSPS) is 11.1. The molecule has 2 aromatic carbocycles. The molecule has 0 aliphatic rings. The summed E-state index contributed by atoms with van der Waals surface area (Å²) in [7, 11) is 0. The third kappa shape index (κ3) is 2.36. The Bertz CT molecular complexity index is 701. The van der Waals surface area contributed by atoms with Gasteiger partial charge in [-0.25, -0.2) is 4.39 Å². The minimum Gasteiger partial charge on any atom is -0.268 e. The van der Waals surface area contributed by atoms with E-state index in [2.05, 4.69) is 17.2 Å². The van der Waals surface area contributed by atoms with E-state index in [0.29, 0.717) is 0 Å². The van der Waals surface area contributed by atoms with Crippen LogP contribution in [0.3, 0.4) is 0 Å². The predicted octanol–water partition coefficient (Wildman–Crippen LogP) is 3.73. The van der Waals surface area contributed by atoms with Crippen LogP contribution in [0.5, 0.6) is 0 Å². The zero-order valence-electron chi connectivity index (χ0n) is 10.8. The molecule has 0 fully saturated rings. The highest BCUT2D eigenvalue weighted by atomic mass is 19.1. The second-order valence-corrected chi connectivity index (χ2v) is 4.71. The molecule has 3 aromatic rings. The molecule has 19 heavy (non-hydrogen) atoms. The lowest BCUT2D eigenvalue weighted by molar-refractivity contribution is 0.604. The second kappa shape index (κ2) is 4.84. The van der Waals surface area contributed by atoms with Crippen LogP contribution in [0.1, 0.15) is 11.3 Å². The number of benzene rings is 2. The molecular formula is C16H15FN2. The van der Waals surface area contributed by atoms with Crippen molar-refractivity contribution in [2.24, 2.45) is 0 Å². The maximum Gasteiger partial charge on any atom is 0.124 e. The van der Waals surface area contributed by atoms with Crippen molar-refractivity contribution in [2.45, 2.75) is 19.9 Å². The third-order valence-corrected chi connectivity index (χ3v) is 3.42. The largest absolute Gasteiger partial charge is 0.268 e. The molecule has 0 amide bonds. The fourth-order valence-electron chi connectivity index (χ4n) is 2.33. The average Bonchev–Trinajstić information content (AvgIpc) is 2.74. The number of fused-ring (bicyclic) bond motifs is 1. The first kappa shape index (κ1) is 11.9. The smallest absolute Gasteiger partial charge is 0.124 e. The molecule has 0 atom stereocenters. The average molecular weight is 254 g/mol. The molecule has 96 valence electrons. The monoisotopic (exact) mass is 254 g/mol. The lowest BCUT2D eigenvalue weighted by Crippen LogP contribution is -2.04. The zero-order chi connectivity index (χ0) is 13.2. The van der Waals surface area contributed by atoms with Crippen LogP contribution in [0.4, 0.5) is 4.39 Å². The van der Waals surface area contributed by atoms with Crippen molar-refractivity contribution in [1.82, 2.24) is 9.78 Å². The third-order valence-electron chi connectivity index (χ3n) is 3.42. The highest BCUT2D eigenvalue weighted by Crippen LogP contribution is 2.19. The Morgan fingerprint density at radius 2 is 1.89 bits per heavy atom. The zero-order valence-corrected chi connectivity index (χ0v) is 10.8. The Kier molecular flexibility index (Phi) is 3.03. The van der Waals surface area contributed by atoms with Crippen molar-refractivity contribution in [2.75, 3.05) is 0 Å². The molecule has 0 radical (unpaired) electrons. The number of hydrogen-bond acceptors (Lipinski definition) is 1. The van der Waals surface area contributed by atoms with E-state index >= 15 is 0 Å². The molecule has 0 saturated carbocycles. The Morgan fingerprint density at radius 3 is 2.68 bits per heavy atom. The number of rotatable bonds is 3. The molecular weight excluding hydrogens is 239 g/mol. The number of aryl methyl sites for hydroxylation is 3. The molecule has 1 aromatic heterocycles. The van der Waals surface area contributed by atoms with Crippen LogP contribution in [-0.4, -0.2) is 9.78 Å². The van der Waals surface area contributed by atoms with E-state index in [0.717, 1.165) is 29.6 Å². The Balaban J connectivity index is 1.87. The number of aromatic nitrogens is 2. The van der Waals surface area contributed by atoms with Crippen molar-refractivity contribution in [3.05, 3.63) is 65.6 Å². The summed E-state index contributed by atoms with van der Waals surface area (Å²) in [6, 6.07) is 15.0. The van der Waals surface area contributed by atoms with Gasteiger partial charge in [0.05, 0.1) is 5.52 Å². The van der Waals surface area contributed by atoms with Crippen LogP contribution in [0.15, 0.2) is 48.5 Å². The van der Waals surface area contributed by atoms with E-state index in [-0.39, 0.29) is 5.82 Å². The van der Waals surface area contributed by atoms with Gasteiger partial charge in [0.1, 0.15) is 5.82 Å². The molecule has 0 saturated heterocycles. The quantitative estimate of drug-likeness (QED) is 0.696. The molecule has 0 aliphatic heterocycles. The fraction of sp³-hybridized carbons (Fsp3) is 0.188. The van der Waals surface area contributed by atoms with Gasteiger partial charge in [-0.15, -0.1) is 0 Å². The van der Waals surface area contributed by atoms with Gasteiger partial charge in [-0.3, -0.25) is 4.68 Å². The molecule has 2 nitrogen and oxygen atoms in total. The fourth-order valence-corrected chi connectivity index (χ4v) is 2.33. The van der Waals surface area contributed by atoms with Gasteiger partial charge in [-0.1, -0.05) is 30.3 Å².